The minimum absolute atomic E-state index is 0.0755. The van der Waals surface area contributed by atoms with Crippen molar-refractivity contribution in [1.82, 2.24) is 5.32 Å². The maximum atomic E-state index is 11.8. The van der Waals surface area contributed by atoms with Gasteiger partial charge in [0.05, 0.1) is 6.42 Å². The molecule has 106 valence electrons. The first-order valence-electron chi connectivity index (χ1n) is 6.09. The Labute approximate surface area is 121 Å². The van der Waals surface area contributed by atoms with E-state index in [-0.39, 0.29) is 22.0 Å². The van der Waals surface area contributed by atoms with Crippen LogP contribution in [0.25, 0.3) is 0 Å². The average Bonchev–Trinajstić information content (AvgIpc) is 2.72. The predicted octanol–water partition coefficient (Wildman–Crippen LogP) is 2.52. The van der Waals surface area contributed by atoms with Crippen LogP contribution in [0.4, 0.5) is 0 Å². The molecule has 4 nitrogen and oxygen atoms in total. The molecule has 1 aliphatic carbocycles. The van der Waals surface area contributed by atoms with E-state index in [4.69, 9.17) is 10.7 Å². The Balaban J connectivity index is 1.87. The zero-order chi connectivity index (χ0) is 14.1. The lowest BCUT2D eigenvalue weighted by molar-refractivity contribution is -0.121. The largest absolute Gasteiger partial charge is 0.355 e. The van der Waals surface area contributed by atoms with Crippen molar-refractivity contribution in [2.75, 3.05) is 6.54 Å². The van der Waals surface area contributed by atoms with Gasteiger partial charge < -0.3 is 5.32 Å². The fourth-order valence-corrected chi connectivity index (χ4v) is 4.20. The Bertz CT molecular complexity index is 576. The lowest BCUT2D eigenvalue weighted by atomic mass is 9.70. The molecule has 1 aromatic rings. The quantitative estimate of drug-likeness (QED) is 0.848. The van der Waals surface area contributed by atoms with E-state index in [1.54, 1.807) is 6.07 Å². The van der Waals surface area contributed by atoms with E-state index in [1.807, 2.05) is 0 Å². The van der Waals surface area contributed by atoms with E-state index in [9.17, 15) is 13.2 Å². The van der Waals surface area contributed by atoms with Gasteiger partial charge in [0.1, 0.15) is 4.21 Å². The zero-order valence-corrected chi connectivity index (χ0v) is 13.0. The van der Waals surface area contributed by atoms with Gasteiger partial charge in [-0.15, -0.1) is 11.3 Å². The molecule has 0 bridgehead atoms. The molecule has 0 aromatic carbocycles. The van der Waals surface area contributed by atoms with Crippen molar-refractivity contribution in [2.45, 2.75) is 36.8 Å². The number of amides is 1. The van der Waals surface area contributed by atoms with Crippen LogP contribution in [0.1, 0.15) is 31.1 Å². The van der Waals surface area contributed by atoms with Crippen LogP contribution in [0.15, 0.2) is 16.3 Å². The van der Waals surface area contributed by atoms with E-state index >= 15 is 0 Å². The summed E-state index contributed by atoms with van der Waals surface area (Å²) in [4.78, 5) is 12.5. The first kappa shape index (κ1) is 14.8. The van der Waals surface area contributed by atoms with Crippen molar-refractivity contribution in [1.29, 1.82) is 0 Å². The fourth-order valence-electron chi connectivity index (χ4n) is 2.07. The highest BCUT2D eigenvalue weighted by Crippen LogP contribution is 2.39. The summed E-state index contributed by atoms with van der Waals surface area (Å²) in [5.74, 6) is -0.0755. The molecule has 19 heavy (non-hydrogen) atoms. The lowest BCUT2D eigenvalue weighted by Crippen LogP contribution is -2.40. The van der Waals surface area contributed by atoms with Gasteiger partial charge >= 0.3 is 0 Å². The minimum atomic E-state index is -3.69. The summed E-state index contributed by atoms with van der Waals surface area (Å²) in [6.45, 7) is 2.86. The molecule has 0 radical (unpaired) electrons. The predicted molar refractivity (Wildman–Crippen MR) is 76.0 cm³/mol. The molecule has 1 aliphatic rings. The highest BCUT2D eigenvalue weighted by molar-refractivity contribution is 8.15. The molecular weight excluding hydrogens is 306 g/mol. The smallest absolute Gasteiger partial charge is 0.270 e. The molecular formula is C12H16ClNO3S2. The second-order valence-corrected chi connectivity index (χ2v) is 9.24. The summed E-state index contributed by atoms with van der Waals surface area (Å²) < 4.78 is 22.3. The molecule has 1 N–H and O–H groups in total. The normalized spacial score (nSPS) is 17.8. The Morgan fingerprint density at radius 3 is 2.63 bits per heavy atom. The third-order valence-corrected chi connectivity index (χ3v) is 6.66. The topological polar surface area (TPSA) is 63.2 Å². The summed E-state index contributed by atoms with van der Waals surface area (Å²) in [6, 6.07) is 3.06. The molecule has 1 amide bonds. The zero-order valence-electron chi connectivity index (χ0n) is 10.6. The number of hydrogen-bond acceptors (Lipinski definition) is 4. The van der Waals surface area contributed by atoms with Crippen molar-refractivity contribution in [2.24, 2.45) is 5.41 Å². The highest BCUT2D eigenvalue weighted by Gasteiger charge is 2.31. The average molecular weight is 322 g/mol. The molecule has 7 heteroatoms. The van der Waals surface area contributed by atoms with E-state index in [0.29, 0.717) is 11.4 Å². The lowest BCUT2D eigenvalue weighted by Gasteiger charge is -2.38. The monoisotopic (exact) mass is 321 g/mol. The number of thiophene rings is 1. The van der Waals surface area contributed by atoms with Crippen molar-refractivity contribution in [3.8, 4) is 0 Å². The van der Waals surface area contributed by atoms with Gasteiger partial charge in [0.2, 0.25) is 5.91 Å². The Morgan fingerprint density at radius 1 is 1.47 bits per heavy atom. The number of carbonyl (C=O) groups is 1. The van der Waals surface area contributed by atoms with Crippen LogP contribution in [0.5, 0.6) is 0 Å². The van der Waals surface area contributed by atoms with E-state index in [2.05, 4.69) is 12.2 Å². The Hall–Kier alpha value is -0.590. The fraction of sp³-hybridized carbons (Fsp3) is 0.583. The molecule has 0 atom stereocenters. The standard InChI is InChI=1S/C12H16ClNO3S2/c1-12(5-2-6-12)8-14-10(15)7-9-3-4-11(18-9)19(13,16)17/h3-4H,2,5-8H2,1H3,(H,14,15). The van der Waals surface area contributed by atoms with Crippen LogP contribution in [-0.4, -0.2) is 20.9 Å². The molecule has 0 spiro atoms. The second-order valence-electron chi connectivity index (χ2n) is 5.28. The number of carbonyl (C=O) groups excluding carboxylic acids is 1. The summed E-state index contributed by atoms with van der Waals surface area (Å²) in [5, 5.41) is 2.91. The summed E-state index contributed by atoms with van der Waals surface area (Å²) >= 11 is 1.04. The summed E-state index contributed by atoms with van der Waals surface area (Å²) in [6.07, 6.45) is 3.74. The number of hydrogen-bond donors (Lipinski definition) is 1. The summed E-state index contributed by atoms with van der Waals surface area (Å²) in [7, 11) is 1.55. The van der Waals surface area contributed by atoms with Crippen molar-refractivity contribution in [3.63, 3.8) is 0 Å². The van der Waals surface area contributed by atoms with Crippen LogP contribution in [0.3, 0.4) is 0 Å². The van der Waals surface area contributed by atoms with Crippen LogP contribution in [0.2, 0.25) is 0 Å². The van der Waals surface area contributed by atoms with Gasteiger partial charge in [-0.1, -0.05) is 13.3 Å². The van der Waals surface area contributed by atoms with Gasteiger partial charge in [-0.05, 0) is 30.4 Å². The SMILES string of the molecule is CC1(CNC(=O)Cc2ccc(S(=O)(=O)Cl)s2)CCC1. The van der Waals surface area contributed by atoms with Crippen LogP contribution in [0, 0.1) is 5.41 Å². The van der Waals surface area contributed by atoms with E-state index < -0.39 is 9.05 Å². The first-order valence-corrected chi connectivity index (χ1v) is 9.21. The van der Waals surface area contributed by atoms with Crippen molar-refractivity contribution < 1.29 is 13.2 Å². The van der Waals surface area contributed by atoms with Crippen LogP contribution < -0.4 is 5.32 Å². The van der Waals surface area contributed by atoms with E-state index in [1.165, 1.54) is 12.5 Å². The van der Waals surface area contributed by atoms with Gasteiger partial charge in [-0.25, -0.2) is 8.42 Å². The van der Waals surface area contributed by atoms with Gasteiger partial charge in [0.15, 0.2) is 0 Å². The molecule has 1 fully saturated rings. The number of nitrogens with one attached hydrogen (secondary N) is 1. The Kier molecular flexibility index (Phi) is 4.23. The van der Waals surface area contributed by atoms with Crippen LogP contribution >= 0.6 is 22.0 Å². The van der Waals surface area contributed by atoms with Gasteiger partial charge in [0, 0.05) is 22.1 Å². The molecule has 2 rings (SSSR count). The molecule has 1 saturated carbocycles. The molecule has 0 unspecified atom stereocenters. The van der Waals surface area contributed by atoms with Gasteiger partial charge in [0.25, 0.3) is 9.05 Å². The third kappa shape index (κ3) is 3.94. The molecule has 0 saturated heterocycles. The first-order chi connectivity index (χ1) is 8.78. The Morgan fingerprint density at radius 2 is 2.16 bits per heavy atom. The highest BCUT2D eigenvalue weighted by atomic mass is 35.7. The van der Waals surface area contributed by atoms with E-state index in [0.717, 1.165) is 24.2 Å². The number of rotatable bonds is 5. The van der Waals surface area contributed by atoms with Gasteiger partial charge in [-0.2, -0.15) is 0 Å². The van der Waals surface area contributed by atoms with Gasteiger partial charge in [-0.3, -0.25) is 4.79 Å². The third-order valence-electron chi connectivity index (χ3n) is 3.49. The molecule has 1 heterocycles. The summed E-state index contributed by atoms with van der Waals surface area (Å²) in [5.41, 5.74) is 0.246. The molecule has 1 aromatic heterocycles. The minimum Gasteiger partial charge on any atom is -0.355 e. The molecule has 0 aliphatic heterocycles. The van der Waals surface area contributed by atoms with Crippen molar-refractivity contribution >= 4 is 37.0 Å². The number of halogens is 1. The maximum Gasteiger partial charge on any atom is 0.270 e. The van der Waals surface area contributed by atoms with Crippen molar-refractivity contribution in [3.05, 3.63) is 17.0 Å². The maximum absolute atomic E-state index is 11.8. The van der Waals surface area contributed by atoms with Crippen LogP contribution in [-0.2, 0) is 20.3 Å². The second kappa shape index (κ2) is 5.42.